The lowest BCUT2D eigenvalue weighted by Gasteiger charge is -2.12. The largest absolute Gasteiger partial charge is 0.495 e. The number of para-hydroxylation sites is 1. The Labute approximate surface area is 151 Å². The summed E-state index contributed by atoms with van der Waals surface area (Å²) in [5.74, 6) is 0.569. The first-order valence-corrected chi connectivity index (χ1v) is 9.80. The van der Waals surface area contributed by atoms with E-state index < -0.39 is 10.0 Å². The van der Waals surface area contributed by atoms with Crippen LogP contribution < -0.4 is 14.8 Å². The Morgan fingerprint density at radius 1 is 1.19 bits per heavy atom. The van der Waals surface area contributed by atoms with Crippen molar-refractivity contribution in [3.8, 4) is 5.75 Å². The van der Waals surface area contributed by atoms with Crippen LogP contribution in [-0.2, 0) is 14.8 Å². The molecule has 1 saturated carbocycles. The normalized spacial score (nSPS) is 17.7. The van der Waals surface area contributed by atoms with Crippen LogP contribution in [-0.4, -0.2) is 21.4 Å². The molecule has 134 valence electrons. The molecule has 1 aliphatic carbocycles. The molecule has 7 heteroatoms. The van der Waals surface area contributed by atoms with Crippen molar-refractivity contribution in [3.63, 3.8) is 0 Å². The number of rotatable bonds is 5. The SMILES string of the molecule is COc1ccccc1S(=O)(=O)Nc1ccc2c(c1)/C(=C\C1CC1)C(=O)N2. The van der Waals surface area contributed by atoms with Gasteiger partial charge in [0.05, 0.1) is 7.11 Å². The van der Waals surface area contributed by atoms with E-state index in [-0.39, 0.29) is 16.6 Å². The summed E-state index contributed by atoms with van der Waals surface area (Å²) in [6, 6.07) is 11.5. The Morgan fingerprint density at radius 2 is 1.96 bits per heavy atom. The lowest BCUT2D eigenvalue weighted by Crippen LogP contribution is -2.14. The molecular weight excluding hydrogens is 352 g/mol. The van der Waals surface area contributed by atoms with Crippen LogP contribution in [0.4, 0.5) is 11.4 Å². The van der Waals surface area contributed by atoms with Gasteiger partial charge in [0.25, 0.3) is 15.9 Å². The van der Waals surface area contributed by atoms with Gasteiger partial charge in [0.1, 0.15) is 10.6 Å². The third kappa shape index (κ3) is 3.06. The molecule has 1 aliphatic heterocycles. The molecule has 1 fully saturated rings. The van der Waals surface area contributed by atoms with Crippen LogP contribution in [0.25, 0.3) is 5.57 Å². The first kappa shape index (κ1) is 16.7. The van der Waals surface area contributed by atoms with Gasteiger partial charge < -0.3 is 10.1 Å². The highest BCUT2D eigenvalue weighted by atomic mass is 32.2. The van der Waals surface area contributed by atoms with Gasteiger partial charge in [-0.3, -0.25) is 9.52 Å². The van der Waals surface area contributed by atoms with E-state index in [0.29, 0.717) is 22.9 Å². The standard InChI is InChI=1S/C19H18N2O4S/c1-25-17-4-2-3-5-18(17)26(23,24)21-13-8-9-16-14(11-13)15(19(22)20-16)10-12-6-7-12/h2-5,8-12,21H,6-7H2,1H3,(H,20,22)/b15-10+. The Hall–Kier alpha value is -2.80. The molecule has 2 aromatic carbocycles. The van der Waals surface area contributed by atoms with Gasteiger partial charge in [-0.2, -0.15) is 0 Å². The number of hydrogen-bond donors (Lipinski definition) is 2. The first-order valence-electron chi connectivity index (χ1n) is 8.31. The lowest BCUT2D eigenvalue weighted by molar-refractivity contribution is -0.110. The molecule has 0 radical (unpaired) electrons. The quantitative estimate of drug-likeness (QED) is 0.792. The molecule has 6 nitrogen and oxygen atoms in total. The van der Waals surface area contributed by atoms with Gasteiger partial charge in [-0.15, -0.1) is 0 Å². The predicted molar refractivity (Wildman–Crippen MR) is 99.6 cm³/mol. The number of amides is 1. The average Bonchev–Trinajstić information content (AvgIpc) is 3.39. The Morgan fingerprint density at radius 3 is 2.69 bits per heavy atom. The number of carbonyl (C=O) groups is 1. The first-order chi connectivity index (χ1) is 12.5. The van der Waals surface area contributed by atoms with Gasteiger partial charge in [-0.25, -0.2) is 8.42 Å². The molecule has 0 unspecified atom stereocenters. The molecule has 1 amide bonds. The second kappa shape index (κ2) is 6.17. The minimum atomic E-state index is -3.82. The zero-order valence-corrected chi connectivity index (χ0v) is 15.0. The smallest absolute Gasteiger partial charge is 0.265 e. The number of carbonyl (C=O) groups excluding carboxylic acids is 1. The van der Waals surface area contributed by atoms with Crippen molar-refractivity contribution in [2.24, 2.45) is 5.92 Å². The van der Waals surface area contributed by atoms with Crippen LogP contribution in [0.2, 0.25) is 0 Å². The number of sulfonamides is 1. The average molecular weight is 370 g/mol. The monoisotopic (exact) mass is 370 g/mol. The highest BCUT2D eigenvalue weighted by molar-refractivity contribution is 7.92. The minimum absolute atomic E-state index is 0.0611. The van der Waals surface area contributed by atoms with E-state index in [2.05, 4.69) is 10.0 Å². The summed E-state index contributed by atoms with van der Waals surface area (Å²) < 4.78 is 33.2. The number of nitrogens with one attached hydrogen (secondary N) is 2. The number of ether oxygens (including phenoxy) is 1. The maximum atomic E-state index is 12.7. The Kier molecular flexibility index (Phi) is 3.96. The van der Waals surface area contributed by atoms with E-state index in [1.165, 1.54) is 13.2 Å². The molecule has 2 N–H and O–H groups in total. The molecule has 2 aliphatic rings. The van der Waals surface area contributed by atoms with Crippen LogP contribution in [0.1, 0.15) is 18.4 Å². The van der Waals surface area contributed by atoms with Crippen LogP contribution in [0, 0.1) is 5.92 Å². The molecule has 4 rings (SSSR count). The summed E-state index contributed by atoms with van der Waals surface area (Å²) >= 11 is 0. The zero-order chi connectivity index (χ0) is 18.3. The number of anilines is 2. The summed E-state index contributed by atoms with van der Waals surface area (Å²) in [7, 11) is -2.39. The van der Waals surface area contributed by atoms with E-state index in [1.54, 1.807) is 36.4 Å². The van der Waals surface area contributed by atoms with E-state index in [4.69, 9.17) is 4.74 Å². The highest BCUT2D eigenvalue weighted by Crippen LogP contribution is 2.39. The van der Waals surface area contributed by atoms with Crippen molar-refractivity contribution >= 4 is 32.9 Å². The minimum Gasteiger partial charge on any atom is -0.495 e. The van der Waals surface area contributed by atoms with E-state index >= 15 is 0 Å². The van der Waals surface area contributed by atoms with Gasteiger partial charge in [-0.1, -0.05) is 18.2 Å². The third-order valence-corrected chi connectivity index (χ3v) is 5.86. The zero-order valence-electron chi connectivity index (χ0n) is 14.2. The van der Waals surface area contributed by atoms with Crippen LogP contribution in [0.3, 0.4) is 0 Å². The predicted octanol–water partition coefficient (Wildman–Crippen LogP) is 3.24. The molecule has 0 saturated heterocycles. The summed E-state index contributed by atoms with van der Waals surface area (Å²) in [6.07, 6.45) is 4.15. The van der Waals surface area contributed by atoms with Crippen LogP contribution in [0.5, 0.6) is 5.75 Å². The Balaban J connectivity index is 1.68. The van der Waals surface area contributed by atoms with Gasteiger partial charge in [0.2, 0.25) is 0 Å². The van der Waals surface area contributed by atoms with Crippen molar-refractivity contribution in [1.29, 1.82) is 0 Å². The topological polar surface area (TPSA) is 84.5 Å². The second-order valence-electron chi connectivity index (χ2n) is 6.39. The van der Waals surface area contributed by atoms with Crippen LogP contribution in [0.15, 0.2) is 53.4 Å². The van der Waals surface area contributed by atoms with Crippen molar-refractivity contribution in [2.75, 3.05) is 17.1 Å². The molecular formula is C19H18N2O4S. The van der Waals surface area contributed by atoms with Gasteiger partial charge in [0.15, 0.2) is 0 Å². The van der Waals surface area contributed by atoms with Gasteiger partial charge in [0, 0.05) is 22.5 Å². The summed E-state index contributed by atoms with van der Waals surface area (Å²) in [6.45, 7) is 0. The molecule has 0 aromatic heterocycles. The summed E-state index contributed by atoms with van der Waals surface area (Å²) in [4.78, 5) is 12.2. The van der Waals surface area contributed by atoms with Crippen molar-refractivity contribution in [3.05, 3.63) is 54.1 Å². The fourth-order valence-electron chi connectivity index (χ4n) is 2.97. The number of benzene rings is 2. The molecule has 0 spiro atoms. The maximum absolute atomic E-state index is 12.7. The molecule has 0 bridgehead atoms. The van der Waals surface area contributed by atoms with Gasteiger partial charge >= 0.3 is 0 Å². The fraction of sp³-hybridized carbons (Fsp3) is 0.211. The highest BCUT2D eigenvalue weighted by Gasteiger charge is 2.29. The van der Waals surface area contributed by atoms with Crippen molar-refractivity contribution < 1.29 is 17.9 Å². The molecule has 0 atom stereocenters. The molecule has 26 heavy (non-hydrogen) atoms. The third-order valence-electron chi connectivity index (χ3n) is 4.44. The summed E-state index contributed by atoms with van der Waals surface area (Å²) in [5.41, 5.74) is 2.43. The van der Waals surface area contributed by atoms with Gasteiger partial charge in [-0.05, 0) is 49.1 Å². The van der Waals surface area contributed by atoms with E-state index in [9.17, 15) is 13.2 Å². The number of hydrogen-bond acceptors (Lipinski definition) is 4. The number of allylic oxidation sites excluding steroid dienone is 1. The molecule has 2 aromatic rings. The number of methoxy groups -OCH3 is 1. The van der Waals surface area contributed by atoms with E-state index in [0.717, 1.165) is 18.4 Å². The van der Waals surface area contributed by atoms with Crippen molar-refractivity contribution in [2.45, 2.75) is 17.7 Å². The van der Waals surface area contributed by atoms with Crippen LogP contribution >= 0.6 is 0 Å². The van der Waals surface area contributed by atoms with Crippen molar-refractivity contribution in [1.82, 2.24) is 0 Å². The number of fused-ring (bicyclic) bond motifs is 1. The molecule has 1 heterocycles. The Bertz CT molecular complexity index is 1020. The van der Waals surface area contributed by atoms with E-state index in [1.807, 2.05) is 6.08 Å². The summed E-state index contributed by atoms with van der Waals surface area (Å²) in [5, 5.41) is 2.82. The maximum Gasteiger partial charge on any atom is 0.265 e. The lowest BCUT2D eigenvalue weighted by atomic mass is 10.1. The fourth-order valence-corrected chi connectivity index (χ4v) is 4.19. The second-order valence-corrected chi connectivity index (χ2v) is 8.04.